The summed E-state index contributed by atoms with van der Waals surface area (Å²) in [5.74, 6) is 1.82. The minimum absolute atomic E-state index is 0.0596. The van der Waals surface area contributed by atoms with E-state index in [0.29, 0.717) is 5.76 Å². The van der Waals surface area contributed by atoms with Crippen LogP contribution >= 0.6 is 0 Å². The van der Waals surface area contributed by atoms with Crippen molar-refractivity contribution in [2.24, 2.45) is 0 Å². The number of aromatic hydroxyl groups is 1. The summed E-state index contributed by atoms with van der Waals surface area (Å²) in [5.41, 5.74) is 1.99. The number of rotatable bonds is 1. The third-order valence-electron chi connectivity index (χ3n) is 2.87. The third kappa shape index (κ3) is 2.36. The van der Waals surface area contributed by atoms with Gasteiger partial charge in [-0.25, -0.2) is 0 Å². The van der Waals surface area contributed by atoms with Gasteiger partial charge in [0, 0.05) is 0 Å². The molecular weight excluding hydrogens is 212 g/mol. The molecule has 0 bridgehead atoms. The summed E-state index contributed by atoms with van der Waals surface area (Å²) in [7, 11) is 0. The topological polar surface area (TPSA) is 33.4 Å². The third-order valence-corrected chi connectivity index (χ3v) is 2.87. The van der Waals surface area contributed by atoms with Crippen molar-refractivity contribution < 1.29 is 9.52 Å². The molecule has 0 radical (unpaired) electrons. The van der Waals surface area contributed by atoms with Gasteiger partial charge in [-0.05, 0) is 42.2 Å². The smallest absolute Gasteiger partial charge is 0.137 e. The fraction of sp³-hybridized carbons (Fsp3) is 0.333. The molecule has 0 spiro atoms. The van der Waals surface area contributed by atoms with Crippen LogP contribution in [0.25, 0.3) is 11.3 Å². The molecule has 90 valence electrons. The predicted molar refractivity (Wildman–Crippen MR) is 69.2 cm³/mol. The fourth-order valence-electron chi connectivity index (χ4n) is 1.78. The molecule has 1 heterocycles. The summed E-state index contributed by atoms with van der Waals surface area (Å²) in [5, 5.41) is 9.90. The molecule has 0 fully saturated rings. The number of aryl methyl sites for hydroxylation is 1. The average Bonchev–Trinajstić information content (AvgIpc) is 2.63. The molecule has 0 saturated heterocycles. The minimum Gasteiger partial charge on any atom is -0.507 e. The fourth-order valence-corrected chi connectivity index (χ4v) is 1.78. The summed E-state index contributed by atoms with van der Waals surface area (Å²) >= 11 is 0. The number of phenols is 1. The van der Waals surface area contributed by atoms with E-state index in [4.69, 9.17) is 4.42 Å². The van der Waals surface area contributed by atoms with Crippen molar-refractivity contribution in [2.75, 3.05) is 0 Å². The van der Waals surface area contributed by atoms with Gasteiger partial charge in [0.1, 0.15) is 17.3 Å². The Bertz CT molecular complexity index is 530. The molecule has 0 unspecified atom stereocenters. The first-order valence-electron chi connectivity index (χ1n) is 5.78. The van der Waals surface area contributed by atoms with Crippen molar-refractivity contribution in [1.29, 1.82) is 0 Å². The molecule has 0 amide bonds. The quantitative estimate of drug-likeness (QED) is 0.794. The van der Waals surface area contributed by atoms with Crippen LogP contribution in [0.3, 0.4) is 0 Å². The first-order valence-corrected chi connectivity index (χ1v) is 5.78. The van der Waals surface area contributed by atoms with Crippen molar-refractivity contribution >= 4 is 0 Å². The molecule has 0 aliphatic heterocycles. The average molecular weight is 230 g/mol. The highest BCUT2D eigenvalue weighted by Crippen LogP contribution is 2.34. The van der Waals surface area contributed by atoms with Gasteiger partial charge in [-0.15, -0.1) is 0 Å². The lowest BCUT2D eigenvalue weighted by Gasteiger charge is -2.19. The largest absolute Gasteiger partial charge is 0.507 e. The van der Waals surface area contributed by atoms with Crippen LogP contribution in [-0.2, 0) is 5.41 Å². The number of hydrogen-bond acceptors (Lipinski definition) is 2. The van der Waals surface area contributed by atoms with Crippen LogP contribution in [0.2, 0.25) is 0 Å². The molecule has 0 aliphatic carbocycles. The Morgan fingerprint density at radius 1 is 1.06 bits per heavy atom. The van der Waals surface area contributed by atoms with Crippen molar-refractivity contribution in [3.63, 3.8) is 0 Å². The van der Waals surface area contributed by atoms with Gasteiger partial charge in [0.2, 0.25) is 0 Å². The van der Waals surface area contributed by atoms with E-state index in [9.17, 15) is 5.11 Å². The highest BCUT2D eigenvalue weighted by molar-refractivity contribution is 5.66. The van der Waals surface area contributed by atoms with Crippen LogP contribution in [0, 0.1) is 6.92 Å². The van der Waals surface area contributed by atoms with Gasteiger partial charge < -0.3 is 9.52 Å². The van der Waals surface area contributed by atoms with E-state index in [0.717, 1.165) is 11.3 Å². The lowest BCUT2D eigenvalue weighted by Crippen LogP contribution is -2.10. The molecule has 1 aromatic heterocycles. The second-order valence-corrected chi connectivity index (χ2v) is 5.39. The lowest BCUT2D eigenvalue weighted by molar-refractivity contribution is 0.471. The van der Waals surface area contributed by atoms with E-state index in [2.05, 4.69) is 20.8 Å². The van der Waals surface area contributed by atoms with E-state index in [1.807, 2.05) is 31.2 Å². The van der Waals surface area contributed by atoms with E-state index in [-0.39, 0.29) is 11.2 Å². The van der Waals surface area contributed by atoms with Crippen LogP contribution in [0.15, 0.2) is 34.7 Å². The molecule has 2 rings (SSSR count). The molecule has 0 saturated carbocycles. The maximum atomic E-state index is 9.90. The Morgan fingerprint density at radius 2 is 1.76 bits per heavy atom. The van der Waals surface area contributed by atoms with E-state index in [1.54, 1.807) is 6.07 Å². The van der Waals surface area contributed by atoms with Crippen LogP contribution in [-0.4, -0.2) is 5.11 Å². The maximum absolute atomic E-state index is 9.90. The molecule has 0 atom stereocenters. The maximum Gasteiger partial charge on any atom is 0.137 e. The van der Waals surface area contributed by atoms with Gasteiger partial charge >= 0.3 is 0 Å². The zero-order valence-electron chi connectivity index (χ0n) is 10.7. The van der Waals surface area contributed by atoms with Crippen LogP contribution in [0.5, 0.6) is 5.75 Å². The molecule has 17 heavy (non-hydrogen) atoms. The van der Waals surface area contributed by atoms with Crippen molar-refractivity contribution in [2.45, 2.75) is 33.1 Å². The lowest BCUT2D eigenvalue weighted by atomic mass is 9.86. The Balaban J connectivity index is 2.54. The molecular formula is C15H18O2. The molecule has 1 aromatic carbocycles. The van der Waals surface area contributed by atoms with Crippen molar-refractivity contribution in [3.8, 4) is 17.1 Å². The standard InChI is InChI=1S/C15H18O2/c1-10-5-8-14(17-10)12-9-11(15(2,3)4)6-7-13(12)16/h5-9,16H,1-4H3. The SMILES string of the molecule is Cc1ccc(-c2cc(C(C)(C)C)ccc2O)o1. The zero-order chi connectivity index (χ0) is 12.6. The number of hydrogen-bond donors (Lipinski definition) is 1. The first kappa shape index (κ1) is 11.8. The summed E-state index contributed by atoms with van der Waals surface area (Å²) in [6, 6.07) is 9.46. The van der Waals surface area contributed by atoms with E-state index in [1.165, 1.54) is 5.56 Å². The van der Waals surface area contributed by atoms with E-state index < -0.39 is 0 Å². The summed E-state index contributed by atoms with van der Waals surface area (Å²) < 4.78 is 5.56. The van der Waals surface area contributed by atoms with E-state index >= 15 is 0 Å². The van der Waals surface area contributed by atoms with Crippen LogP contribution in [0.1, 0.15) is 32.1 Å². The predicted octanol–water partition coefficient (Wildman–Crippen LogP) is 4.26. The summed E-state index contributed by atoms with van der Waals surface area (Å²) in [4.78, 5) is 0. The molecule has 0 aliphatic rings. The van der Waals surface area contributed by atoms with Crippen LogP contribution < -0.4 is 0 Å². The number of furan rings is 1. The van der Waals surface area contributed by atoms with Gasteiger partial charge in [0.05, 0.1) is 5.56 Å². The van der Waals surface area contributed by atoms with Crippen molar-refractivity contribution in [3.05, 3.63) is 41.7 Å². The normalized spacial score (nSPS) is 11.8. The monoisotopic (exact) mass is 230 g/mol. The highest BCUT2D eigenvalue weighted by atomic mass is 16.3. The second kappa shape index (κ2) is 3.95. The van der Waals surface area contributed by atoms with Gasteiger partial charge in [0.25, 0.3) is 0 Å². The molecule has 1 N–H and O–H groups in total. The summed E-state index contributed by atoms with van der Waals surface area (Å²) in [6.45, 7) is 8.35. The van der Waals surface area contributed by atoms with Gasteiger partial charge in [-0.3, -0.25) is 0 Å². The molecule has 2 heteroatoms. The Labute approximate surface area is 102 Å². The number of benzene rings is 1. The Hall–Kier alpha value is -1.70. The minimum atomic E-state index is 0.0596. The summed E-state index contributed by atoms with van der Waals surface area (Å²) in [6.07, 6.45) is 0. The first-order chi connectivity index (χ1) is 7.88. The molecule has 2 nitrogen and oxygen atoms in total. The van der Waals surface area contributed by atoms with Crippen molar-refractivity contribution in [1.82, 2.24) is 0 Å². The van der Waals surface area contributed by atoms with Gasteiger partial charge in [0.15, 0.2) is 0 Å². The second-order valence-electron chi connectivity index (χ2n) is 5.39. The molecule has 2 aromatic rings. The van der Waals surface area contributed by atoms with Crippen LogP contribution in [0.4, 0.5) is 0 Å². The zero-order valence-corrected chi connectivity index (χ0v) is 10.7. The van der Waals surface area contributed by atoms with Gasteiger partial charge in [-0.1, -0.05) is 26.8 Å². The Morgan fingerprint density at radius 3 is 2.29 bits per heavy atom. The Kier molecular flexibility index (Phi) is 2.74. The van der Waals surface area contributed by atoms with Gasteiger partial charge in [-0.2, -0.15) is 0 Å². The number of phenolic OH excluding ortho intramolecular Hbond substituents is 1. The highest BCUT2D eigenvalue weighted by Gasteiger charge is 2.17.